The molecular weight excluding hydrogens is 232 g/mol. The van der Waals surface area contributed by atoms with Crippen molar-refractivity contribution in [3.05, 3.63) is 41.4 Å². The Morgan fingerprint density at radius 2 is 2.15 bits per heavy atom. The first kappa shape index (κ1) is 11.9. The van der Waals surface area contributed by atoms with Crippen molar-refractivity contribution in [2.24, 2.45) is 0 Å². The molecule has 3 heteroatoms. The minimum Gasteiger partial charge on any atom is -0.490 e. The third kappa shape index (κ3) is 5.20. The van der Waals surface area contributed by atoms with E-state index in [4.69, 9.17) is 9.53 Å². The first-order valence-electron chi connectivity index (χ1n) is 3.61. The second-order valence-electron chi connectivity index (χ2n) is 2.06. The molecule has 1 aromatic carbocycles. The van der Waals surface area contributed by atoms with E-state index in [1.165, 1.54) is 0 Å². The molecule has 13 heavy (non-hydrogen) atoms. The number of benzene rings is 1. The lowest BCUT2D eigenvalue weighted by Gasteiger charge is -2.01. The van der Waals surface area contributed by atoms with Gasteiger partial charge in [0.15, 0.2) is 0 Å². The summed E-state index contributed by atoms with van der Waals surface area (Å²) < 4.78 is 6.31. The summed E-state index contributed by atoms with van der Waals surface area (Å²) in [5.74, 6) is 0.860. The van der Waals surface area contributed by atoms with E-state index in [9.17, 15) is 0 Å². The van der Waals surface area contributed by atoms with Crippen molar-refractivity contribution in [3.63, 3.8) is 0 Å². The van der Waals surface area contributed by atoms with Crippen LogP contribution < -0.4 is 4.74 Å². The maximum atomic E-state index is 8.00. The molecular formula is C10H11BrO2. The van der Waals surface area contributed by atoms with Gasteiger partial charge in [0.2, 0.25) is 0 Å². The molecule has 0 fully saturated rings. The molecule has 1 rings (SSSR count). The van der Waals surface area contributed by atoms with Gasteiger partial charge in [0.25, 0.3) is 0 Å². The lowest BCUT2D eigenvalue weighted by atomic mass is 10.3. The van der Waals surface area contributed by atoms with Crippen molar-refractivity contribution >= 4 is 22.7 Å². The van der Waals surface area contributed by atoms with Crippen molar-refractivity contribution in [2.75, 3.05) is 6.61 Å². The monoisotopic (exact) mass is 242 g/mol. The normalized spacial score (nSPS) is 8.08. The number of hydrogen-bond acceptors (Lipinski definition) is 2. The lowest BCUT2D eigenvalue weighted by Crippen LogP contribution is -1.91. The fourth-order valence-electron chi connectivity index (χ4n) is 0.712. The number of carbonyl (C=O) groups is 1. The predicted molar refractivity (Wildman–Crippen MR) is 57.0 cm³/mol. The number of halogens is 1. The van der Waals surface area contributed by atoms with Gasteiger partial charge in [0, 0.05) is 4.47 Å². The highest BCUT2D eigenvalue weighted by Crippen LogP contribution is 2.17. The quantitative estimate of drug-likeness (QED) is 0.763. The van der Waals surface area contributed by atoms with Crippen molar-refractivity contribution in [3.8, 4) is 5.75 Å². The van der Waals surface area contributed by atoms with Crippen LogP contribution in [0.5, 0.6) is 5.75 Å². The minimum absolute atomic E-state index is 0.552. The molecule has 70 valence electrons. The van der Waals surface area contributed by atoms with Gasteiger partial charge in [-0.15, -0.1) is 0 Å². The maximum Gasteiger partial charge on any atom is 0.120 e. The van der Waals surface area contributed by atoms with Crippen LogP contribution in [0, 0.1) is 0 Å². The van der Waals surface area contributed by atoms with Crippen LogP contribution >= 0.6 is 15.9 Å². The Morgan fingerprint density at radius 3 is 2.69 bits per heavy atom. The molecule has 0 unspecified atom stereocenters. The van der Waals surface area contributed by atoms with Gasteiger partial charge < -0.3 is 9.53 Å². The molecule has 1 aromatic rings. The fourth-order valence-corrected chi connectivity index (χ4v) is 1.09. The zero-order chi connectivity index (χ0) is 10.1. The van der Waals surface area contributed by atoms with Crippen LogP contribution in [0.25, 0.3) is 0 Å². The molecule has 0 aliphatic rings. The van der Waals surface area contributed by atoms with Gasteiger partial charge in [0.05, 0.1) is 0 Å². The number of carbonyl (C=O) groups excluding carboxylic acids is 1. The van der Waals surface area contributed by atoms with E-state index in [2.05, 4.69) is 22.5 Å². The Morgan fingerprint density at radius 1 is 1.46 bits per heavy atom. The Balaban J connectivity index is 0.000000671. The highest BCUT2D eigenvalue weighted by molar-refractivity contribution is 9.10. The van der Waals surface area contributed by atoms with Crippen molar-refractivity contribution in [2.45, 2.75) is 0 Å². The molecule has 0 aliphatic heterocycles. The topological polar surface area (TPSA) is 26.3 Å². The molecule has 0 amide bonds. The summed E-state index contributed by atoms with van der Waals surface area (Å²) in [7, 11) is 0. The maximum absolute atomic E-state index is 8.00. The smallest absolute Gasteiger partial charge is 0.120 e. The van der Waals surface area contributed by atoms with Crippen LogP contribution in [0.4, 0.5) is 0 Å². The van der Waals surface area contributed by atoms with E-state index in [0.29, 0.717) is 6.61 Å². The van der Waals surface area contributed by atoms with Gasteiger partial charge in [-0.1, -0.05) is 34.7 Å². The Bertz CT molecular complexity index is 261. The van der Waals surface area contributed by atoms with Crippen LogP contribution in [-0.2, 0) is 4.79 Å². The van der Waals surface area contributed by atoms with Crippen molar-refractivity contribution in [1.29, 1.82) is 0 Å². The molecule has 0 saturated carbocycles. The molecule has 0 spiro atoms. The first-order valence-corrected chi connectivity index (χ1v) is 4.40. The largest absolute Gasteiger partial charge is 0.490 e. The van der Waals surface area contributed by atoms with Crippen molar-refractivity contribution < 1.29 is 9.53 Å². The second kappa shape index (κ2) is 7.55. The van der Waals surface area contributed by atoms with E-state index in [-0.39, 0.29) is 0 Å². The van der Waals surface area contributed by atoms with E-state index in [1.54, 1.807) is 6.08 Å². The SMILES string of the molecule is C=CCOc1cccc(Br)c1.C=O. The van der Waals surface area contributed by atoms with Crippen LogP contribution in [0.3, 0.4) is 0 Å². The molecule has 0 heterocycles. The van der Waals surface area contributed by atoms with Crippen molar-refractivity contribution in [1.82, 2.24) is 0 Å². The standard InChI is InChI=1S/C9H9BrO.CH2O/c1-2-6-11-9-5-3-4-8(10)7-9;1-2/h2-5,7H,1,6H2;1H2. The summed E-state index contributed by atoms with van der Waals surface area (Å²) in [6.45, 7) is 6.11. The molecule has 0 radical (unpaired) electrons. The number of ether oxygens (including phenoxy) is 1. The van der Waals surface area contributed by atoms with Crippen LogP contribution in [-0.4, -0.2) is 13.4 Å². The summed E-state index contributed by atoms with van der Waals surface area (Å²) in [4.78, 5) is 8.00. The summed E-state index contributed by atoms with van der Waals surface area (Å²) in [5, 5.41) is 0. The van der Waals surface area contributed by atoms with Crippen LogP contribution in [0.2, 0.25) is 0 Å². The van der Waals surface area contributed by atoms with Crippen LogP contribution in [0.1, 0.15) is 0 Å². The van der Waals surface area contributed by atoms with Gasteiger partial charge >= 0.3 is 0 Å². The summed E-state index contributed by atoms with van der Waals surface area (Å²) in [6, 6.07) is 7.72. The zero-order valence-electron chi connectivity index (χ0n) is 7.20. The average Bonchev–Trinajstić information content (AvgIpc) is 2.18. The minimum atomic E-state index is 0.552. The Labute approximate surface area is 86.4 Å². The Kier molecular flexibility index (Phi) is 6.92. The van der Waals surface area contributed by atoms with E-state index in [1.807, 2.05) is 31.1 Å². The number of hydrogen-bond donors (Lipinski definition) is 0. The van der Waals surface area contributed by atoms with Gasteiger partial charge in [-0.05, 0) is 18.2 Å². The van der Waals surface area contributed by atoms with Gasteiger partial charge in [-0.2, -0.15) is 0 Å². The van der Waals surface area contributed by atoms with Crippen LogP contribution in [0.15, 0.2) is 41.4 Å². The average molecular weight is 243 g/mol. The third-order valence-corrected chi connectivity index (χ3v) is 1.66. The molecule has 0 saturated heterocycles. The highest BCUT2D eigenvalue weighted by atomic mass is 79.9. The first-order chi connectivity index (χ1) is 6.33. The molecule has 0 N–H and O–H groups in total. The zero-order valence-corrected chi connectivity index (χ0v) is 8.79. The molecule has 0 aromatic heterocycles. The van der Waals surface area contributed by atoms with E-state index in [0.717, 1.165) is 10.2 Å². The Hall–Kier alpha value is -1.09. The summed E-state index contributed by atoms with van der Waals surface area (Å²) in [5.41, 5.74) is 0. The highest BCUT2D eigenvalue weighted by Gasteiger charge is 1.90. The molecule has 0 aliphatic carbocycles. The molecule has 0 atom stereocenters. The third-order valence-electron chi connectivity index (χ3n) is 1.16. The van der Waals surface area contributed by atoms with Gasteiger partial charge in [-0.3, -0.25) is 0 Å². The number of rotatable bonds is 3. The summed E-state index contributed by atoms with van der Waals surface area (Å²) >= 11 is 3.35. The molecule has 2 nitrogen and oxygen atoms in total. The predicted octanol–water partition coefficient (Wildman–Crippen LogP) is 2.83. The van der Waals surface area contributed by atoms with E-state index < -0.39 is 0 Å². The second-order valence-corrected chi connectivity index (χ2v) is 2.97. The lowest BCUT2D eigenvalue weighted by molar-refractivity contribution is -0.0979. The van der Waals surface area contributed by atoms with Gasteiger partial charge in [0.1, 0.15) is 19.1 Å². The van der Waals surface area contributed by atoms with E-state index >= 15 is 0 Å². The molecule has 0 bridgehead atoms. The van der Waals surface area contributed by atoms with Gasteiger partial charge in [-0.25, -0.2) is 0 Å². The fraction of sp³-hybridized carbons (Fsp3) is 0.100. The summed E-state index contributed by atoms with van der Waals surface area (Å²) in [6.07, 6.45) is 1.72.